The zero-order chi connectivity index (χ0) is 20.1. The molecule has 2 amide bonds. The lowest BCUT2D eigenvalue weighted by molar-refractivity contribution is -0.133. The summed E-state index contributed by atoms with van der Waals surface area (Å²) < 4.78 is 1.55. The monoisotopic (exact) mass is 405 g/mol. The van der Waals surface area contributed by atoms with Gasteiger partial charge in [0.15, 0.2) is 0 Å². The molecule has 2 aromatic rings. The highest BCUT2D eigenvalue weighted by molar-refractivity contribution is 6.43. The lowest BCUT2D eigenvalue weighted by atomic mass is 10.2. The summed E-state index contributed by atoms with van der Waals surface area (Å²) in [5.41, 5.74) is 1.67. The number of β-amino-alcohol motifs (C(OH)–C–C–N with tert-alkyl or cyclic N) is 1. The number of benzene rings is 1. The van der Waals surface area contributed by atoms with Crippen molar-refractivity contribution in [2.75, 3.05) is 30.3 Å². The number of nitrogens with one attached hydrogen (secondary N) is 2. The fraction of sp³-hybridized carbons (Fsp3) is 0.421. The van der Waals surface area contributed by atoms with Crippen LogP contribution in [0.25, 0.3) is 0 Å². The highest BCUT2D eigenvalue weighted by Crippen LogP contribution is 2.19. The second-order valence-corrected chi connectivity index (χ2v) is 7.42. The van der Waals surface area contributed by atoms with E-state index in [1.807, 2.05) is 0 Å². The van der Waals surface area contributed by atoms with Crippen LogP contribution in [0.4, 0.5) is 11.4 Å². The van der Waals surface area contributed by atoms with Crippen LogP contribution in [-0.4, -0.2) is 57.3 Å². The predicted molar refractivity (Wildman–Crippen MR) is 107 cm³/mol. The Kier molecular flexibility index (Phi) is 6.66. The van der Waals surface area contributed by atoms with Crippen molar-refractivity contribution < 1.29 is 14.7 Å². The summed E-state index contributed by atoms with van der Waals surface area (Å²) >= 11 is 5.89. The maximum absolute atomic E-state index is 12.1. The number of aromatic nitrogens is 2. The largest absolute Gasteiger partial charge is 0.390 e. The van der Waals surface area contributed by atoms with Gasteiger partial charge in [-0.25, -0.2) is 0 Å². The van der Waals surface area contributed by atoms with Crippen molar-refractivity contribution >= 4 is 34.8 Å². The highest BCUT2D eigenvalue weighted by Gasteiger charge is 2.18. The Labute approximate surface area is 168 Å². The first kappa shape index (κ1) is 20.3. The zero-order valence-electron chi connectivity index (χ0n) is 15.7. The van der Waals surface area contributed by atoms with Crippen LogP contribution in [0.15, 0.2) is 30.6 Å². The maximum atomic E-state index is 12.1. The molecular weight excluding hydrogens is 382 g/mol. The van der Waals surface area contributed by atoms with Gasteiger partial charge in [-0.1, -0.05) is 11.6 Å². The fourth-order valence-corrected chi connectivity index (χ4v) is 3.43. The molecule has 8 nitrogen and oxygen atoms in total. The molecule has 1 fully saturated rings. The van der Waals surface area contributed by atoms with E-state index in [0.717, 1.165) is 18.7 Å². The molecule has 1 aliphatic heterocycles. The molecule has 3 N–H and O–H groups in total. The number of aliphatic hydroxyl groups excluding tert-OH is 1. The molecule has 1 aromatic carbocycles. The van der Waals surface area contributed by atoms with Crippen molar-refractivity contribution in [3.8, 4) is 0 Å². The van der Waals surface area contributed by atoms with E-state index in [0.29, 0.717) is 29.5 Å². The van der Waals surface area contributed by atoms with E-state index in [1.54, 1.807) is 36.0 Å². The molecule has 9 heteroatoms. The van der Waals surface area contributed by atoms with Gasteiger partial charge in [0.2, 0.25) is 0 Å². The van der Waals surface area contributed by atoms with Crippen LogP contribution in [0.1, 0.15) is 18.4 Å². The van der Waals surface area contributed by atoms with Crippen LogP contribution in [0.3, 0.4) is 0 Å². The quantitative estimate of drug-likeness (QED) is 0.637. The number of hydrogen-bond acceptors (Lipinski definition) is 5. The summed E-state index contributed by atoms with van der Waals surface area (Å²) in [5, 5.41) is 19.9. The SMILES string of the molecule is Cc1cc(Cl)ccc1NC(=O)C(=O)Nc1cnn(C[C@H](O)CN2CCCC2)c1. The Balaban J connectivity index is 1.50. The molecular formula is C19H24ClN5O3. The molecule has 0 radical (unpaired) electrons. The van der Waals surface area contributed by atoms with Crippen molar-refractivity contribution in [3.05, 3.63) is 41.2 Å². The van der Waals surface area contributed by atoms with Crippen LogP contribution in [0.2, 0.25) is 5.02 Å². The highest BCUT2D eigenvalue weighted by atomic mass is 35.5. The van der Waals surface area contributed by atoms with E-state index in [-0.39, 0.29) is 0 Å². The number of aryl methyl sites for hydroxylation is 1. The number of aliphatic hydroxyl groups is 1. The van der Waals surface area contributed by atoms with Gasteiger partial charge in [-0.15, -0.1) is 0 Å². The molecule has 1 saturated heterocycles. The van der Waals surface area contributed by atoms with Crippen LogP contribution >= 0.6 is 11.6 Å². The zero-order valence-corrected chi connectivity index (χ0v) is 16.4. The summed E-state index contributed by atoms with van der Waals surface area (Å²) in [5.74, 6) is -1.58. The van der Waals surface area contributed by atoms with E-state index in [9.17, 15) is 14.7 Å². The van der Waals surface area contributed by atoms with Gasteiger partial charge < -0.3 is 20.6 Å². The van der Waals surface area contributed by atoms with Crippen LogP contribution in [-0.2, 0) is 16.1 Å². The third kappa shape index (κ3) is 5.54. The van der Waals surface area contributed by atoms with Crippen molar-refractivity contribution in [3.63, 3.8) is 0 Å². The molecule has 2 heterocycles. The van der Waals surface area contributed by atoms with E-state index in [1.165, 1.54) is 19.0 Å². The van der Waals surface area contributed by atoms with E-state index in [4.69, 9.17) is 11.6 Å². The lowest BCUT2D eigenvalue weighted by Gasteiger charge is -2.19. The van der Waals surface area contributed by atoms with Crippen molar-refractivity contribution in [2.24, 2.45) is 0 Å². The summed E-state index contributed by atoms with van der Waals surface area (Å²) in [6.07, 6.45) is 4.83. The summed E-state index contributed by atoms with van der Waals surface area (Å²) in [4.78, 5) is 26.4. The van der Waals surface area contributed by atoms with Crippen LogP contribution in [0, 0.1) is 6.92 Å². The second kappa shape index (κ2) is 9.18. The Bertz CT molecular complexity index is 848. The smallest absolute Gasteiger partial charge is 0.314 e. The van der Waals surface area contributed by atoms with Crippen molar-refractivity contribution in [2.45, 2.75) is 32.4 Å². The van der Waals surface area contributed by atoms with Gasteiger partial charge in [0, 0.05) is 23.5 Å². The average Bonchev–Trinajstić information content (AvgIpc) is 3.29. The molecule has 0 spiro atoms. The number of rotatable bonds is 6. The Morgan fingerprint density at radius 2 is 1.93 bits per heavy atom. The number of anilines is 2. The summed E-state index contributed by atoms with van der Waals surface area (Å²) in [6, 6.07) is 4.98. The number of hydrogen-bond donors (Lipinski definition) is 3. The normalized spacial score (nSPS) is 15.4. The molecule has 0 bridgehead atoms. The van der Waals surface area contributed by atoms with Gasteiger partial charge >= 0.3 is 11.8 Å². The first-order chi connectivity index (χ1) is 13.4. The number of amides is 2. The lowest BCUT2D eigenvalue weighted by Crippen LogP contribution is -2.32. The van der Waals surface area contributed by atoms with Gasteiger partial charge in [-0.2, -0.15) is 5.10 Å². The van der Waals surface area contributed by atoms with E-state index >= 15 is 0 Å². The number of nitrogens with zero attached hydrogens (tertiary/aromatic N) is 3. The van der Waals surface area contributed by atoms with Gasteiger partial charge in [-0.05, 0) is 56.6 Å². The first-order valence-electron chi connectivity index (χ1n) is 9.22. The first-order valence-corrected chi connectivity index (χ1v) is 9.60. The summed E-state index contributed by atoms with van der Waals surface area (Å²) in [6.45, 7) is 4.74. The van der Waals surface area contributed by atoms with E-state index < -0.39 is 17.9 Å². The minimum Gasteiger partial charge on any atom is -0.390 e. The molecule has 0 aliphatic carbocycles. The van der Waals surface area contributed by atoms with Crippen molar-refractivity contribution in [1.82, 2.24) is 14.7 Å². The molecule has 28 heavy (non-hydrogen) atoms. The fourth-order valence-electron chi connectivity index (χ4n) is 3.20. The molecule has 0 saturated carbocycles. The molecule has 3 rings (SSSR count). The standard InChI is InChI=1S/C19H24ClN5O3/c1-13-8-14(20)4-5-17(13)23-19(28)18(27)22-15-9-21-25(10-15)12-16(26)11-24-6-2-3-7-24/h4-5,8-10,16,26H,2-3,6-7,11-12H2,1H3,(H,22,27)(H,23,28)/t16-/m1/s1. The topological polar surface area (TPSA) is 99.5 Å². The van der Waals surface area contributed by atoms with Crippen LogP contribution < -0.4 is 10.6 Å². The van der Waals surface area contributed by atoms with Crippen LogP contribution in [0.5, 0.6) is 0 Å². The molecule has 1 aromatic heterocycles. The Morgan fingerprint density at radius 1 is 1.21 bits per heavy atom. The van der Waals surface area contributed by atoms with E-state index in [2.05, 4.69) is 20.6 Å². The van der Waals surface area contributed by atoms with Gasteiger partial charge in [0.05, 0.1) is 24.5 Å². The average molecular weight is 406 g/mol. The molecule has 0 unspecified atom stereocenters. The molecule has 150 valence electrons. The van der Waals surface area contributed by atoms with Gasteiger partial charge in [0.1, 0.15) is 0 Å². The Morgan fingerprint density at radius 3 is 2.64 bits per heavy atom. The molecule has 1 atom stereocenters. The number of carbonyl (C=O) groups excluding carboxylic acids is 2. The Hall–Kier alpha value is -2.42. The number of likely N-dealkylation sites (tertiary alicyclic amines) is 1. The second-order valence-electron chi connectivity index (χ2n) is 6.98. The van der Waals surface area contributed by atoms with Gasteiger partial charge in [-0.3, -0.25) is 14.3 Å². The predicted octanol–water partition coefficient (Wildman–Crippen LogP) is 1.88. The minimum atomic E-state index is -0.800. The third-order valence-electron chi connectivity index (χ3n) is 4.60. The molecule has 1 aliphatic rings. The third-order valence-corrected chi connectivity index (χ3v) is 4.83. The minimum absolute atomic E-state index is 0.322. The number of halogens is 1. The van der Waals surface area contributed by atoms with Crippen molar-refractivity contribution in [1.29, 1.82) is 0 Å². The van der Waals surface area contributed by atoms with Gasteiger partial charge in [0.25, 0.3) is 0 Å². The summed E-state index contributed by atoms with van der Waals surface area (Å²) in [7, 11) is 0. The maximum Gasteiger partial charge on any atom is 0.314 e. The number of carbonyl (C=O) groups is 2.